The number of nitrogens with zero attached hydrogens (tertiary/aromatic N) is 1. The first-order valence-corrected chi connectivity index (χ1v) is 5.56. The highest BCUT2D eigenvalue weighted by molar-refractivity contribution is 5.94. The monoisotopic (exact) mass is 269 g/mol. The van der Waals surface area contributed by atoms with Crippen LogP contribution >= 0.6 is 0 Å². The second kappa shape index (κ2) is 6.69. The maximum atomic E-state index is 11.9. The minimum absolute atomic E-state index is 0.0484. The van der Waals surface area contributed by atoms with Gasteiger partial charge >= 0.3 is 11.9 Å². The zero-order valence-corrected chi connectivity index (χ0v) is 10.7. The molecule has 1 heterocycles. The molecule has 1 aromatic heterocycles. The van der Waals surface area contributed by atoms with E-state index < -0.39 is 17.4 Å². The predicted octanol–water partition coefficient (Wildman–Crippen LogP) is -0.196. The molecule has 104 valence electrons. The van der Waals surface area contributed by atoms with Crippen molar-refractivity contribution in [2.75, 3.05) is 20.8 Å². The molecule has 0 amide bonds. The van der Waals surface area contributed by atoms with Crippen LogP contribution in [0.4, 0.5) is 0 Å². The van der Waals surface area contributed by atoms with Crippen molar-refractivity contribution in [3.05, 3.63) is 33.7 Å². The highest BCUT2D eigenvalue weighted by Crippen LogP contribution is 2.03. The Morgan fingerprint density at radius 1 is 1.16 bits per heavy atom. The fraction of sp³-hybridized carbons (Fsp3) is 0.417. The number of rotatable bonds is 5. The zero-order valence-electron chi connectivity index (χ0n) is 10.7. The van der Waals surface area contributed by atoms with Crippen LogP contribution in [0, 0.1) is 0 Å². The van der Waals surface area contributed by atoms with E-state index in [1.165, 1.54) is 17.0 Å². The van der Waals surface area contributed by atoms with Crippen molar-refractivity contribution < 1.29 is 24.2 Å². The van der Waals surface area contributed by atoms with Gasteiger partial charge in [0.05, 0.1) is 14.2 Å². The van der Waals surface area contributed by atoms with Gasteiger partial charge in [-0.1, -0.05) is 0 Å². The van der Waals surface area contributed by atoms with Gasteiger partial charge in [0.15, 0.2) is 0 Å². The van der Waals surface area contributed by atoms with E-state index in [9.17, 15) is 14.4 Å². The van der Waals surface area contributed by atoms with Crippen LogP contribution in [0.5, 0.6) is 0 Å². The second-order valence-electron chi connectivity index (χ2n) is 3.71. The molecule has 0 aromatic carbocycles. The van der Waals surface area contributed by atoms with Crippen molar-refractivity contribution in [3.8, 4) is 0 Å². The van der Waals surface area contributed by atoms with Crippen molar-refractivity contribution in [3.63, 3.8) is 0 Å². The van der Waals surface area contributed by atoms with Crippen molar-refractivity contribution >= 4 is 11.9 Å². The van der Waals surface area contributed by atoms with Crippen LogP contribution in [0.25, 0.3) is 0 Å². The third-order valence-corrected chi connectivity index (χ3v) is 2.46. The van der Waals surface area contributed by atoms with Gasteiger partial charge in [-0.05, 0) is 6.42 Å². The molecule has 1 rings (SSSR count). The number of pyridine rings is 1. The fourth-order valence-corrected chi connectivity index (χ4v) is 1.52. The third kappa shape index (κ3) is 3.41. The first-order chi connectivity index (χ1) is 9.04. The molecule has 0 aliphatic heterocycles. The third-order valence-electron chi connectivity index (χ3n) is 2.46. The summed E-state index contributed by atoms with van der Waals surface area (Å²) < 4.78 is 10.5. The summed E-state index contributed by atoms with van der Waals surface area (Å²) in [7, 11) is 2.29. The number of methoxy groups -OCH3 is 2. The maximum Gasteiger partial charge on any atom is 0.343 e. The summed E-state index contributed by atoms with van der Waals surface area (Å²) in [6.45, 7) is 0.304. The summed E-state index contributed by atoms with van der Waals surface area (Å²) in [6.07, 6.45) is 3.00. The first-order valence-electron chi connectivity index (χ1n) is 5.56. The average Bonchev–Trinajstić information content (AvgIpc) is 2.44. The largest absolute Gasteiger partial charge is 0.465 e. The number of aryl methyl sites for hydroxylation is 1. The van der Waals surface area contributed by atoms with Crippen LogP contribution in [0.1, 0.15) is 27.1 Å². The molecular weight excluding hydrogens is 254 g/mol. The van der Waals surface area contributed by atoms with E-state index in [-0.39, 0.29) is 17.7 Å². The lowest BCUT2D eigenvalue weighted by Gasteiger charge is -2.09. The molecule has 0 unspecified atom stereocenters. The number of aliphatic hydroxyl groups excluding tert-OH is 1. The van der Waals surface area contributed by atoms with Crippen molar-refractivity contribution in [2.24, 2.45) is 0 Å². The van der Waals surface area contributed by atoms with Crippen LogP contribution in [0.2, 0.25) is 0 Å². The summed E-state index contributed by atoms with van der Waals surface area (Å²) in [6, 6.07) is 0. The van der Waals surface area contributed by atoms with E-state index in [4.69, 9.17) is 5.11 Å². The summed E-state index contributed by atoms with van der Waals surface area (Å²) in [5.74, 6) is -1.65. The van der Waals surface area contributed by atoms with Crippen LogP contribution in [0.15, 0.2) is 17.2 Å². The Hall–Kier alpha value is -2.15. The molecule has 0 aliphatic rings. The highest BCUT2D eigenvalue weighted by atomic mass is 16.5. The molecule has 7 heteroatoms. The lowest BCUT2D eigenvalue weighted by Crippen LogP contribution is -2.26. The highest BCUT2D eigenvalue weighted by Gasteiger charge is 2.19. The number of hydrogen-bond acceptors (Lipinski definition) is 6. The van der Waals surface area contributed by atoms with Gasteiger partial charge in [0.25, 0.3) is 0 Å². The normalized spacial score (nSPS) is 10.1. The van der Waals surface area contributed by atoms with E-state index in [0.717, 1.165) is 14.2 Å². The Bertz CT molecular complexity index is 493. The Morgan fingerprint density at radius 3 is 2.00 bits per heavy atom. The molecule has 7 nitrogen and oxygen atoms in total. The van der Waals surface area contributed by atoms with Gasteiger partial charge in [-0.3, -0.25) is 4.79 Å². The quantitative estimate of drug-likeness (QED) is 0.744. The molecule has 0 bridgehead atoms. The summed E-state index contributed by atoms with van der Waals surface area (Å²) in [5.41, 5.74) is -1.23. The van der Waals surface area contributed by atoms with E-state index in [0.29, 0.717) is 13.0 Å². The molecule has 0 spiro atoms. The molecule has 0 atom stereocenters. The first kappa shape index (κ1) is 14.9. The van der Waals surface area contributed by atoms with E-state index in [1.807, 2.05) is 0 Å². The van der Waals surface area contributed by atoms with Gasteiger partial charge in [0.1, 0.15) is 11.1 Å². The number of ether oxygens (including phenoxy) is 2. The number of hydrogen-bond donors (Lipinski definition) is 1. The lowest BCUT2D eigenvalue weighted by molar-refractivity contribution is 0.0594. The Morgan fingerprint density at radius 2 is 1.63 bits per heavy atom. The van der Waals surface area contributed by atoms with Gasteiger partial charge in [-0.25, -0.2) is 9.59 Å². The molecule has 1 aromatic rings. The number of esters is 2. The van der Waals surface area contributed by atoms with Gasteiger partial charge in [-0.15, -0.1) is 0 Å². The smallest absolute Gasteiger partial charge is 0.343 e. The predicted molar refractivity (Wildman–Crippen MR) is 65.1 cm³/mol. The van der Waals surface area contributed by atoms with Crippen LogP contribution in [-0.4, -0.2) is 42.4 Å². The van der Waals surface area contributed by atoms with Crippen molar-refractivity contribution in [1.82, 2.24) is 4.57 Å². The van der Waals surface area contributed by atoms with Crippen LogP contribution in [-0.2, 0) is 16.0 Å². The van der Waals surface area contributed by atoms with Gasteiger partial charge in [0.2, 0.25) is 5.43 Å². The molecule has 0 fully saturated rings. The van der Waals surface area contributed by atoms with Crippen LogP contribution in [0.3, 0.4) is 0 Å². The Kier molecular flexibility index (Phi) is 5.25. The number of carbonyl (C=O) groups excluding carboxylic acids is 2. The summed E-state index contributed by atoms with van der Waals surface area (Å²) >= 11 is 0. The summed E-state index contributed by atoms with van der Waals surface area (Å²) in [4.78, 5) is 34.9. The van der Waals surface area contributed by atoms with Gasteiger partial charge in [-0.2, -0.15) is 0 Å². The van der Waals surface area contributed by atoms with Gasteiger partial charge in [0, 0.05) is 25.5 Å². The molecule has 0 saturated heterocycles. The van der Waals surface area contributed by atoms with Gasteiger partial charge < -0.3 is 19.1 Å². The van der Waals surface area contributed by atoms with Crippen molar-refractivity contribution in [1.29, 1.82) is 0 Å². The molecule has 0 aliphatic carbocycles. The van der Waals surface area contributed by atoms with E-state index >= 15 is 0 Å². The Labute approximate surface area is 109 Å². The molecule has 0 radical (unpaired) electrons. The standard InChI is InChI=1S/C12H15NO6/c1-18-11(16)8-6-13(4-3-5-14)7-9(10(8)15)12(17)19-2/h6-7,14H,3-5H2,1-2H3. The topological polar surface area (TPSA) is 94.8 Å². The molecule has 0 saturated carbocycles. The minimum Gasteiger partial charge on any atom is -0.465 e. The maximum absolute atomic E-state index is 11.9. The average molecular weight is 269 g/mol. The van der Waals surface area contributed by atoms with Crippen LogP contribution < -0.4 is 5.43 Å². The van der Waals surface area contributed by atoms with E-state index in [2.05, 4.69) is 9.47 Å². The number of aromatic nitrogens is 1. The Balaban J connectivity index is 3.34. The van der Waals surface area contributed by atoms with E-state index in [1.54, 1.807) is 0 Å². The summed E-state index contributed by atoms with van der Waals surface area (Å²) in [5, 5.41) is 8.77. The zero-order chi connectivity index (χ0) is 14.4. The number of carbonyl (C=O) groups is 2. The number of aliphatic hydroxyl groups is 1. The molecule has 19 heavy (non-hydrogen) atoms. The minimum atomic E-state index is -0.825. The fourth-order valence-electron chi connectivity index (χ4n) is 1.52. The SMILES string of the molecule is COC(=O)c1cn(CCCO)cc(C(=O)OC)c1=O. The van der Waals surface area contributed by atoms with Crippen molar-refractivity contribution in [2.45, 2.75) is 13.0 Å². The molecule has 1 N–H and O–H groups in total. The molecular formula is C12H15NO6. The second-order valence-corrected chi connectivity index (χ2v) is 3.71. The lowest BCUT2D eigenvalue weighted by atomic mass is 10.2.